The molecule has 4 bridgehead atoms. The minimum absolute atomic E-state index is 0.0188. The van der Waals surface area contributed by atoms with Crippen LogP contribution in [0.25, 0.3) is 0 Å². The Labute approximate surface area is 180 Å². The van der Waals surface area contributed by atoms with Gasteiger partial charge in [0.05, 0.1) is 18.4 Å². The standard InChI is InChI=1S/C26H38O4/c1-23(2,3)11-26(12-24(26,4)5)22(28)30-18-8-14-6-16(18)20-15-7-17(21(14)20)25(9-15)10-19(27)29-13-25/h14-18,20-21H,6-13H2,1-5H3. The van der Waals surface area contributed by atoms with Crippen LogP contribution >= 0.6 is 0 Å². The molecule has 0 N–H and O–H groups in total. The molecule has 4 nitrogen and oxygen atoms in total. The Bertz CT molecular complexity index is 808. The van der Waals surface area contributed by atoms with Crippen molar-refractivity contribution in [3.05, 3.63) is 0 Å². The van der Waals surface area contributed by atoms with Crippen LogP contribution in [0.1, 0.15) is 79.6 Å². The molecule has 6 aliphatic rings. The molecule has 9 unspecified atom stereocenters. The van der Waals surface area contributed by atoms with E-state index in [0.717, 1.165) is 37.5 Å². The predicted octanol–water partition coefficient (Wildman–Crippen LogP) is 5.00. The molecule has 1 spiro atoms. The Morgan fingerprint density at radius 3 is 2.47 bits per heavy atom. The molecule has 4 heteroatoms. The number of hydrogen-bond acceptors (Lipinski definition) is 4. The molecule has 1 saturated heterocycles. The molecular formula is C26H38O4. The largest absolute Gasteiger partial charge is 0.465 e. The van der Waals surface area contributed by atoms with Crippen molar-refractivity contribution in [2.75, 3.05) is 6.61 Å². The van der Waals surface area contributed by atoms with E-state index in [4.69, 9.17) is 9.47 Å². The van der Waals surface area contributed by atoms with E-state index in [-0.39, 0.29) is 39.7 Å². The smallest absolute Gasteiger partial charge is 0.312 e. The van der Waals surface area contributed by atoms with E-state index in [2.05, 4.69) is 34.6 Å². The Morgan fingerprint density at radius 2 is 1.87 bits per heavy atom. The molecule has 1 heterocycles. The molecule has 166 valence electrons. The Hall–Kier alpha value is -1.06. The average molecular weight is 415 g/mol. The first-order valence-electron chi connectivity index (χ1n) is 12.3. The number of cyclic esters (lactones) is 1. The van der Waals surface area contributed by atoms with Gasteiger partial charge in [0.25, 0.3) is 0 Å². The maximum atomic E-state index is 13.5. The van der Waals surface area contributed by atoms with Crippen LogP contribution in [0, 0.1) is 57.2 Å². The number of carbonyl (C=O) groups is 2. The molecule has 6 rings (SSSR count). The number of hydrogen-bond donors (Lipinski definition) is 0. The maximum absolute atomic E-state index is 13.5. The maximum Gasteiger partial charge on any atom is 0.312 e. The third-order valence-corrected chi connectivity index (χ3v) is 10.5. The first-order valence-corrected chi connectivity index (χ1v) is 12.3. The van der Waals surface area contributed by atoms with Gasteiger partial charge in [0.1, 0.15) is 6.10 Å². The fourth-order valence-corrected chi connectivity index (χ4v) is 9.55. The third kappa shape index (κ3) is 2.45. The summed E-state index contributed by atoms with van der Waals surface area (Å²) >= 11 is 0. The van der Waals surface area contributed by atoms with Gasteiger partial charge in [0.2, 0.25) is 0 Å². The Kier molecular flexibility index (Phi) is 3.69. The highest BCUT2D eigenvalue weighted by atomic mass is 16.5. The van der Waals surface area contributed by atoms with Gasteiger partial charge in [-0.2, -0.15) is 0 Å². The molecule has 30 heavy (non-hydrogen) atoms. The number of rotatable bonds is 3. The van der Waals surface area contributed by atoms with Crippen LogP contribution < -0.4 is 0 Å². The van der Waals surface area contributed by atoms with E-state index < -0.39 is 0 Å². The first-order chi connectivity index (χ1) is 13.9. The molecular weight excluding hydrogens is 376 g/mol. The summed E-state index contributed by atoms with van der Waals surface area (Å²) in [5, 5.41) is 0. The summed E-state index contributed by atoms with van der Waals surface area (Å²) in [7, 11) is 0. The first kappa shape index (κ1) is 19.6. The summed E-state index contributed by atoms with van der Waals surface area (Å²) < 4.78 is 11.8. The van der Waals surface area contributed by atoms with Gasteiger partial charge >= 0.3 is 11.9 Å². The van der Waals surface area contributed by atoms with Crippen LogP contribution in [-0.2, 0) is 19.1 Å². The van der Waals surface area contributed by atoms with Crippen LogP contribution in [0.4, 0.5) is 0 Å². The van der Waals surface area contributed by atoms with E-state index in [9.17, 15) is 9.59 Å². The van der Waals surface area contributed by atoms with Crippen LogP contribution in [0.3, 0.4) is 0 Å². The molecule has 0 aromatic rings. The Balaban J connectivity index is 1.18. The number of carbonyl (C=O) groups excluding carboxylic acids is 2. The molecule has 0 amide bonds. The monoisotopic (exact) mass is 414 g/mol. The summed E-state index contributed by atoms with van der Waals surface area (Å²) in [4.78, 5) is 25.3. The molecule has 6 fully saturated rings. The van der Waals surface area contributed by atoms with Crippen molar-refractivity contribution in [1.29, 1.82) is 0 Å². The van der Waals surface area contributed by atoms with Gasteiger partial charge < -0.3 is 9.47 Å². The van der Waals surface area contributed by atoms with Gasteiger partial charge in [0, 0.05) is 5.41 Å². The number of ether oxygens (including phenoxy) is 2. The van der Waals surface area contributed by atoms with Gasteiger partial charge in [-0.3, -0.25) is 9.59 Å². The summed E-state index contributed by atoms with van der Waals surface area (Å²) in [5.74, 6) is 4.20. The SMILES string of the molecule is CC(C)(C)CC1(C(=O)OC2CC3CC2C2C4CC(C32)C2(COC(=O)C2)C4)CC1(C)C. The summed E-state index contributed by atoms with van der Waals surface area (Å²) in [5.41, 5.74) is 0.0543. The Morgan fingerprint density at radius 1 is 1.13 bits per heavy atom. The summed E-state index contributed by atoms with van der Waals surface area (Å²) in [6.45, 7) is 11.8. The molecule has 5 aliphatic carbocycles. The van der Waals surface area contributed by atoms with Crippen molar-refractivity contribution in [2.45, 2.75) is 85.7 Å². The van der Waals surface area contributed by atoms with Gasteiger partial charge in [-0.25, -0.2) is 0 Å². The van der Waals surface area contributed by atoms with Crippen LogP contribution in [0.5, 0.6) is 0 Å². The number of esters is 2. The second-order valence-corrected chi connectivity index (χ2v) is 13.9. The van der Waals surface area contributed by atoms with E-state index in [1.54, 1.807) is 0 Å². The lowest BCUT2D eigenvalue weighted by atomic mass is 9.60. The lowest BCUT2D eigenvalue weighted by Gasteiger charge is -2.45. The van der Waals surface area contributed by atoms with Gasteiger partial charge in [0.15, 0.2) is 0 Å². The summed E-state index contributed by atoms with van der Waals surface area (Å²) in [6.07, 6.45) is 7.39. The second kappa shape index (κ2) is 5.64. The van der Waals surface area contributed by atoms with E-state index in [1.807, 2.05) is 0 Å². The van der Waals surface area contributed by atoms with Gasteiger partial charge in [-0.05, 0) is 84.9 Å². The van der Waals surface area contributed by atoms with Crippen molar-refractivity contribution in [3.8, 4) is 0 Å². The highest BCUT2D eigenvalue weighted by Crippen LogP contribution is 2.74. The minimum atomic E-state index is -0.285. The minimum Gasteiger partial charge on any atom is -0.465 e. The molecule has 1 aliphatic heterocycles. The molecule has 0 aromatic heterocycles. The second-order valence-electron chi connectivity index (χ2n) is 13.9. The average Bonchev–Trinajstić information content (AvgIpc) is 3.22. The van der Waals surface area contributed by atoms with Crippen molar-refractivity contribution in [3.63, 3.8) is 0 Å². The molecule has 0 aromatic carbocycles. The zero-order valence-electron chi connectivity index (χ0n) is 19.3. The molecule has 0 radical (unpaired) electrons. The number of fused-ring (bicyclic) bond motifs is 10. The lowest BCUT2D eigenvalue weighted by Crippen LogP contribution is -2.44. The van der Waals surface area contributed by atoms with Gasteiger partial charge in [-0.15, -0.1) is 0 Å². The highest BCUT2D eigenvalue weighted by Gasteiger charge is 2.72. The predicted molar refractivity (Wildman–Crippen MR) is 112 cm³/mol. The fourth-order valence-electron chi connectivity index (χ4n) is 9.55. The van der Waals surface area contributed by atoms with E-state index in [0.29, 0.717) is 36.7 Å². The third-order valence-electron chi connectivity index (χ3n) is 10.5. The van der Waals surface area contributed by atoms with Crippen molar-refractivity contribution in [2.24, 2.45) is 57.2 Å². The van der Waals surface area contributed by atoms with Crippen molar-refractivity contribution < 1.29 is 19.1 Å². The normalized spacial score (nSPS) is 52.0. The fraction of sp³-hybridized carbons (Fsp3) is 0.923. The zero-order valence-corrected chi connectivity index (χ0v) is 19.3. The summed E-state index contributed by atoms with van der Waals surface area (Å²) in [6, 6.07) is 0. The quantitative estimate of drug-likeness (QED) is 0.482. The highest BCUT2D eigenvalue weighted by molar-refractivity contribution is 5.82. The van der Waals surface area contributed by atoms with Crippen LogP contribution in [-0.4, -0.2) is 24.6 Å². The van der Waals surface area contributed by atoms with Gasteiger partial charge in [-0.1, -0.05) is 34.6 Å². The molecule has 5 saturated carbocycles. The van der Waals surface area contributed by atoms with Crippen LogP contribution in [0.2, 0.25) is 0 Å². The molecule has 9 atom stereocenters. The zero-order chi connectivity index (χ0) is 21.3. The van der Waals surface area contributed by atoms with Crippen molar-refractivity contribution >= 4 is 11.9 Å². The van der Waals surface area contributed by atoms with Crippen LogP contribution in [0.15, 0.2) is 0 Å². The lowest BCUT2D eigenvalue weighted by molar-refractivity contribution is -0.164. The van der Waals surface area contributed by atoms with Crippen molar-refractivity contribution in [1.82, 2.24) is 0 Å². The van der Waals surface area contributed by atoms with E-state index >= 15 is 0 Å². The topological polar surface area (TPSA) is 52.6 Å². The van der Waals surface area contributed by atoms with E-state index in [1.165, 1.54) is 12.8 Å².